The number of benzene rings is 4. The van der Waals surface area contributed by atoms with Crippen molar-refractivity contribution in [3.05, 3.63) is 143 Å². The maximum atomic E-state index is 13.3. The topological polar surface area (TPSA) is 119 Å². The number of hydrogen-bond donors (Lipinski definition) is 0. The van der Waals surface area contributed by atoms with Crippen LogP contribution in [0.5, 0.6) is 0 Å². The minimum Gasteiger partial charge on any atom is -0.450 e. The minimum absolute atomic E-state index is 0.113. The third-order valence-electron chi connectivity index (χ3n) is 6.72. The first kappa shape index (κ1) is 28.7. The van der Waals surface area contributed by atoms with Crippen molar-refractivity contribution in [1.29, 1.82) is 0 Å². The van der Waals surface area contributed by atoms with Crippen LogP contribution in [0, 0.1) is 4.84 Å². The van der Waals surface area contributed by atoms with Gasteiger partial charge in [-0.2, -0.15) is 4.68 Å². The third kappa shape index (κ3) is 6.19. The van der Waals surface area contributed by atoms with Crippen LogP contribution in [0.4, 0.5) is 0 Å². The van der Waals surface area contributed by atoms with Crippen LogP contribution < -0.4 is 0 Å². The molecule has 4 aromatic carbocycles. The lowest BCUT2D eigenvalue weighted by Gasteiger charge is -2.24. The van der Waals surface area contributed by atoms with Crippen molar-refractivity contribution in [2.45, 2.75) is 24.7 Å². The lowest BCUT2D eigenvalue weighted by molar-refractivity contribution is -0.151. The Labute approximate surface area is 256 Å². The molecule has 6 rings (SSSR count). The summed E-state index contributed by atoms with van der Waals surface area (Å²) in [5, 5.41) is 4.48. The van der Waals surface area contributed by atoms with Crippen molar-refractivity contribution in [1.82, 2.24) is 9.78 Å². The molecule has 1 aliphatic heterocycles. The molecule has 0 spiro atoms. The number of ether oxygens (including phenoxy) is 4. The Morgan fingerprint density at radius 2 is 1.05 bits per heavy atom. The number of carbonyl (C=O) groups is 3. The number of rotatable bonds is 8. The van der Waals surface area contributed by atoms with Crippen molar-refractivity contribution in [2.75, 3.05) is 0 Å². The highest BCUT2D eigenvalue weighted by atomic mass is 32.1. The Balaban J connectivity index is 1.40. The van der Waals surface area contributed by atoms with E-state index in [0.29, 0.717) is 5.56 Å². The molecule has 44 heavy (non-hydrogen) atoms. The molecule has 0 bridgehead atoms. The van der Waals surface area contributed by atoms with Gasteiger partial charge < -0.3 is 23.4 Å². The summed E-state index contributed by atoms with van der Waals surface area (Å²) in [7, 11) is 0. The number of esters is 3. The molecule has 1 aliphatic rings. The van der Waals surface area contributed by atoms with E-state index in [0.717, 1.165) is 0 Å². The zero-order chi connectivity index (χ0) is 30.5. The second-order valence-corrected chi connectivity index (χ2v) is 9.97. The zero-order valence-electron chi connectivity index (χ0n) is 22.9. The standard InChI is InChI=1S/C33H24N2O8S/c36-29(22-15-7-2-8-16-22)39-25-26(40-30(37)23-17-9-3-10-18-23)32(43-31(38)24-19-11-4-12-20-24)42-28(25)35-33(44)41-27(34-35)21-13-5-1-6-14-21/h1-20,25-26,28,32H. The van der Waals surface area contributed by atoms with Gasteiger partial charge >= 0.3 is 17.9 Å². The Bertz CT molecular complexity index is 1810. The fourth-order valence-corrected chi connectivity index (χ4v) is 4.80. The van der Waals surface area contributed by atoms with Gasteiger partial charge in [-0.15, -0.1) is 5.10 Å². The van der Waals surface area contributed by atoms with Gasteiger partial charge in [0.05, 0.1) is 16.7 Å². The van der Waals surface area contributed by atoms with Gasteiger partial charge in [0, 0.05) is 5.56 Å². The summed E-state index contributed by atoms with van der Waals surface area (Å²) >= 11 is 5.47. The van der Waals surface area contributed by atoms with Gasteiger partial charge in [-0.3, -0.25) is 0 Å². The van der Waals surface area contributed by atoms with E-state index < -0.39 is 42.6 Å². The molecule has 220 valence electrons. The predicted octanol–water partition coefficient (Wildman–Crippen LogP) is 6.04. The molecule has 1 fully saturated rings. The van der Waals surface area contributed by atoms with Crippen LogP contribution in [0.2, 0.25) is 0 Å². The summed E-state index contributed by atoms with van der Waals surface area (Å²) in [4.78, 5) is 39.6. The van der Waals surface area contributed by atoms with Crippen LogP contribution in [0.25, 0.3) is 11.5 Å². The fraction of sp³-hybridized carbons (Fsp3) is 0.121. The number of carbonyl (C=O) groups excluding carboxylic acids is 3. The summed E-state index contributed by atoms with van der Waals surface area (Å²) < 4.78 is 30.6. The van der Waals surface area contributed by atoms with Gasteiger partial charge in [0.15, 0.2) is 12.3 Å². The van der Waals surface area contributed by atoms with E-state index in [1.807, 2.05) is 18.2 Å². The van der Waals surface area contributed by atoms with E-state index in [2.05, 4.69) is 5.10 Å². The number of aromatic nitrogens is 2. The molecule has 1 saturated heterocycles. The summed E-state index contributed by atoms with van der Waals surface area (Å²) in [5.74, 6) is -2.07. The molecule has 0 N–H and O–H groups in total. The van der Waals surface area contributed by atoms with Crippen LogP contribution in [0.15, 0.2) is 126 Å². The predicted molar refractivity (Wildman–Crippen MR) is 158 cm³/mol. The monoisotopic (exact) mass is 608 g/mol. The van der Waals surface area contributed by atoms with Gasteiger partial charge in [0.2, 0.25) is 18.3 Å². The molecule has 2 heterocycles. The van der Waals surface area contributed by atoms with Crippen LogP contribution in [0.3, 0.4) is 0 Å². The lowest BCUT2D eigenvalue weighted by atomic mass is 10.1. The van der Waals surface area contributed by atoms with Gasteiger partial charge in [0.1, 0.15) is 0 Å². The van der Waals surface area contributed by atoms with E-state index in [1.54, 1.807) is 103 Å². The molecule has 0 amide bonds. The number of hydrogen-bond acceptors (Lipinski definition) is 10. The van der Waals surface area contributed by atoms with E-state index >= 15 is 0 Å². The second-order valence-electron chi connectivity index (χ2n) is 9.62. The molecule has 1 aromatic heterocycles. The highest BCUT2D eigenvalue weighted by Crippen LogP contribution is 2.37. The van der Waals surface area contributed by atoms with Crippen LogP contribution >= 0.6 is 12.2 Å². The van der Waals surface area contributed by atoms with Crippen molar-refractivity contribution in [2.24, 2.45) is 0 Å². The Morgan fingerprint density at radius 1 is 0.614 bits per heavy atom. The first-order valence-electron chi connectivity index (χ1n) is 13.6. The molecular formula is C33H24N2O8S. The quantitative estimate of drug-likeness (QED) is 0.117. The number of nitrogens with zero attached hydrogens (tertiary/aromatic N) is 2. The molecule has 4 unspecified atom stereocenters. The first-order valence-corrected chi connectivity index (χ1v) is 14.0. The Kier molecular flexibility index (Phi) is 8.39. The van der Waals surface area contributed by atoms with Crippen LogP contribution in [-0.2, 0) is 18.9 Å². The molecule has 4 atom stereocenters. The fourth-order valence-electron chi connectivity index (χ4n) is 4.58. The van der Waals surface area contributed by atoms with Gasteiger partial charge in [-0.25, -0.2) is 14.4 Å². The molecule has 0 aliphatic carbocycles. The third-order valence-corrected chi connectivity index (χ3v) is 6.99. The maximum Gasteiger partial charge on any atom is 0.340 e. The zero-order valence-corrected chi connectivity index (χ0v) is 23.7. The summed E-state index contributed by atoms with van der Waals surface area (Å²) in [6.07, 6.45) is -5.62. The second kappa shape index (κ2) is 12.9. The van der Waals surface area contributed by atoms with E-state index in [-0.39, 0.29) is 27.4 Å². The average Bonchev–Trinajstić information content (AvgIpc) is 3.61. The van der Waals surface area contributed by atoms with E-state index in [4.69, 9.17) is 35.6 Å². The minimum atomic E-state index is -1.52. The maximum absolute atomic E-state index is 13.3. The summed E-state index contributed by atoms with van der Waals surface area (Å²) in [5.41, 5.74) is 1.32. The van der Waals surface area contributed by atoms with Crippen LogP contribution in [0.1, 0.15) is 37.3 Å². The van der Waals surface area contributed by atoms with Crippen molar-refractivity contribution in [3.63, 3.8) is 0 Å². The summed E-state index contributed by atoms with van der Waals surface area (Å²) in [6, 6.07) is 33.7. The van der Waals surface area contributed by atoms with E-state index in [1.165, 1.54) is 4.68 Å². The summed E-state index contributed by atoms with van der Waals surface area (Å²) in [6.45, 7) is 0. The highest BCUT2D eigenvalue weighted by Gasteiger charge is 2.54. The van der Waals surface area contributed by atoms with Gasteiger partial charge in [-0.1, -0.05) is 72.8 Å². The lowest BCUT2D eigenvalue weighted by Crippen LogP contribution is -2.41. The van der Waals surface area contributed by atoms with Crippen LogP contribution in [-0.4, -0.2) is 46.2 Å². The molecule has 10 nitrogen and oxygen atoms in total. The largest absolute Gasteiger partial charge is 0.450 e. The molecule has 11 heteroatoms. The molecular weight excluding hydrogens is 584 g/mol. The first-order chi connectivity index (χ1) is 21.5. The smallest absolute Gasteiger partial charge is 0.340 e. The molecule has 0 saturated carbocycles. The van der Waals surface area contributed by atoms with E-state index in [9.17, 15) is 14.4 Å². The Morgan fingerprint density at radius 3 is 1.55 bits per heavy atom. The SMILES string of the molecule is O=C(OC1OC(n2nc(-c3ccccc3)oc2=S)C(OC(=O)c2ccccc2)C1OC(=O)c1ccccc1)c1ccccc1. The molecule has 5 aromatic rings. The average molecular weight is 609 g/mol. The highest BCUT2D eigenvalue weighted by molar-refractivity contribution is 7.71. The van der Waals surface area contributed by atoms with Crippen molar-refractivity contribution < 1.29 is 37.7 Å². The normalized spacial score (nSPS) is 19.2. The Hall–Kier alpha value is -5.39. The molecule has 0 radical (unpaired) electrons. The van der Waals surface area contributed by atoms with Gasteiger partial charge in [0.25, 0.3) is 4.84 Å². The van der Waals surface area contributed by atoms with Crippen molar-refractivity contribution >= 4 is 30.1 Å². The van der Waals surface area contributed by atoms with Gasteiger partial charge in [-0.05, 0) is 60.7 Å². The van der Waals surface area contributed by atoms with Crippen molar-refractivity contribution in [3.8, 4) is 11.5 Å².